The SMILES string of the molecule is C=CCc1cc(/C=C2/SC(=O)N(CC(=O)OC)C2=O)cc(OCC)c1OCC. The molecule has 2 rings (SSSR count). The Labute approximate surface area is 168 Å². The molecule has 0 atom stereocenters. The van der Waals surface area contributed by atoms with Crippen LogP contribution in [0.3, 0.4) is 0 Å². The molecule has 1 aliphatic rings. The Morgan fingerprint density at radius 3 is 2.54 bits per heavy atom. The largest absolute Gasteiger partial charge is 0.490 e. The Kier molecular flexibility index (Phi) is 7.69. The van der Waals surface area contributed by atoms with Crippen molar-refractivity contribution >= 4 is 35.0 Å². The molecule has 1 aromatic rings. The third-order valence-corrected chi connectivity index (χ3v) is 4.70. The number of rotatable bonds is 9. The smallest absolute Gasteiger partial charge is 0.325 e. The fourth-order valence-electron chi connectivity index (χ4n) is 2.63. The second-order valence-corrected chi connectivity index (χ2v) is 6.70. The number of carbonyl (C=O) groups excluding carboxylic acids is 3. The van der Waals surface area contributed by atoms with Crippen LogP contribution in [-0.4, -0.2) is 48.9 Å². The van der Waals surface area contributed by atoms with Crippen LogP contribution in [0.4, 0.5) is 4.79 Å². The first-order chi connectivity index (χ1) is 13.4. The minimum absolute atomic E-state index is 0.227. The summed E-state index contributed by atoms with van der Waals surface area (Å²) >= 11 is 0.781. The van der Waals surface area contributed by atoms with Gasteiger partial charge in [0.05, 0.1) is 25.2 Å². The topological polar surface area (TPSA) is 82.1 Å². The van der Waals surface area contributed by atoms with Crippen molar-refractivity contribution in [3.63, 3.8) is 0 Å². The molecule has 0 unspecified atom stereocenters. The number of nitrogens with zero attached hydrogens (tertiary/aromatic N) is 1. The number of esters is 1. The molecule has 28 heavy (non-hydrogen) atoms. The summed E-state index contributed by atoms with van der Waals surface area (Å²) in [5, 5.41) is -0.510. The van der Waals surface area contributed by atoms with Gasteiger partial charge in [-0.05, 0) is 55.8 Å². The number of thioether (sulfide) groups is 1. The van der Waals surface area contributed by atoms with Gasteiger partial charge in [-0.2, -0.15) is 0 Å². The van der Waals surface area contributed by atoms with Crippen LogP contribution in [0.1, 0.15) is 25.0 Å². The number of ether oxygens (including phenoxy) is 3. The lowest BCUT2D eigenvalue weighted by atomic mass is 10.0. The van der Waals surface area contributed by atoms with Gasteiger partial charge in [-0.1, -0.05) is 6.08 Å². The second kappa shape index (κ2) is 9.98. The first-order valence-corrected chi connectivity index (χ1v) is 9.62. The van der Waals surface area contributed by atoms with Crippen molar-refractivity contribution in [1.82, 2.24) is 4.90 Å². The quantitative estimate of drug-likeness (QED) is 0.354. The fourth-order valence-corrected chi connectivity index (χ4v) is 3.46. The molecule has 1 aliphatic heterocycles. The lowest BCUT2D eigenvalue weighted by molar-refractivity contribution is -0.143. The van der Waals surface area contributed by atoms with Gasteiger partial charge in [-0.15, -0.1) is 6.58 Å². The van der Waals surface area contributed by atoms with E-state index in [0.29, 0.717) is 36.7 Å². The zero-order valence-corrected chi connectivity index (χ0v) is 17.0. The number of amides is 2. The molecule has 8 heteroatoms. The molecule has 0 aliphatic carbocycles. The Hall–Kier alpha value is -2.74. The summed E-state index contributed by atoms with van der Waals surface area (Å²) in [5.74, 6) is 0.0120. The summed E-state index contributed by atoms with van der Waals surface area (Å²) in [6, 6.07) is 3.62. The van der Waals surface area contributed by atoms with Crippen molar-refractivity contribution in [2.75, 3.05) is 26.9 Å². The number of hydrogen-bond donors (Lipinski definition) is 0. The minimum atomic E-state index is -0.656. The Morgan fingerprint density at radius 2 is 1.93 bits per heavy atom. The van der Waals surface area contributed by atoms with Crippen LogP contribution in [0.5, 0.6) is 11.5 Å². The van der Waals surface area contributed by atoms with E-state index in [1.165, 1.54) is 7.11 Å². The van der Waals surface area contributed by atoms with E-state index in [4.69, 9.17) is 9.47 Å². The van der Waals surface area contributed by atoms with E-state index in [0.717, 1.165) is 22.2 Å². The van der Waals surface area contributed by atoms with Crippen LogP contribution < -0.4 is 9.47 Å². The summed E-state index contributed by atoms with van der Waals surface area (Å²) in [5.41, 5.74) is 1.55. The molecule has 0 spiro atoms. The number of methoxy groups -OCH3 is 1. The molecule has 1 saturated heterocycles. The van der Waals surface area contributed by atoms with Crippen LogP contribution in [0.2, 0.25) is 0 Å². The molecule has 150 valence electrons. The minimum Gasteiger partial charge on any atom is -0.490 e. The van der Waals surface area contributed by atoms with Crippen LogP contribution >= 0.6 is 11.8 Å². The number of allylic oxidation sites excluding steroid dienone is 1. The van der Waals surface area contributed by atoms with Crippen LogP contribution in [-0.2, 0) is 20.7 Å². The zero-order valence-electron chi connectivity index (χ0n) is 16.1. The highest BCUT2D eigenvalue weighted by molar-refractivity contribution is 8.18. The average Bonchev–Trinajstić information content (AvgIpc) is 2.92. The maximum absolute atomic E-state index is 12.5. The van der Waals surface area contributed by atoms with Gasteiger partial charge in [-0.25, -0.2) is 0 Å². The van der Waals surface area contributed by atoms with Crippen LogP contribution in [0.25, 0.3) is 6.08 Å². The fraction of sp³-hybridized carbons (Fsp3) is 0.350. The second-order valence-electron chi connectivity index (χ2n) is 5.71. The van der Waals surface area contributed by atoms with Gasteiger partial charge < -0.3 is 14.2 Å². The maximum atomic E-state index is 12.5. The molecule has 1 fully saturated rings. The summed E-state index contributed by atoms with van der Waals surface area (Å²) < 4.78 is 16.0. The molecule has 0 aromatic heterocycles. The predicted octanol–water partition coefficient (Wildman–Crippen LogP) is 3.42. The molecule has 0 saturated carbocycles. The van der Waals surface area contributed by atoms with E-state index in [2.05, 4.69) is 11.3 Å². The summed E-state index contributed by atoms with van der Waals surface area (Å²) in [7, 11) is 1.20. The lowest BCUT2D eigenvalue weighted by Crippen LogP contribution is -2.34. The summed E-state index contributed by atoms with van der Waals surface area (Å²) in [6.07, 6.45) is 3.91. The van der Waals surface area contributed by atoms with Crippen LogP contribution in [0.15, 0.2) is 29.7 Å². The van der Waals surface area contributed by atoms with Gasteiger partial charge in [0.1, 0.15) is 6.54 Å². The van der Waals surface area contributed by atoms with Crippen molar-refractivity contribution in [3.05, 3.63) is 40.8 Å². The monoisotopic (exact) mass is 405 g/mol. The molecule has 2 amide bonds. The summed E-state index contributed by atoms with van der Waals surface area (Å²) in [6.45, 7) is 8.05. The molecule has 1 heterocycles. The van der Waals surface area contributed by atoms with Crippen molar-refractivity contribution in [3.8, 4) is 11.5 Å². The van der Waals surface area contributed by atoms with Crippen molar-refractivity contribution < 1.29 is 28.6 Å². The Morgan fingerprint density at radius 1 is 1.21 bits per heavy atom. The van der Waals surface area contributed by atoms with Gasteiger partial charge in [0.25, 0.3) is 11.1 Å². The molecule has 0 N–H and O–H groups in total. The Balaban J connectivity index is 2.41. The maximum Gasteiger partial charge on any atom is 0.325 e. The van der Waals surface area contributed by atoms with Crippen LogP contribution in [0, 0.1) is 0 Å². The third kappa shape index (κ3) is 4.95. The molecule has 7 nitrogen and oxygen atoms in total. The van der Waals surface area contributed by atoms with E-state index in [-0.39, 0.29) is 4.91 Å². The van der Waals surface area contributed by atoms with E-state index in [1.54, 1.807) is 18.2 Å². The molecular weight excluding hydrogens is 382 g/mol. The number of benzene rings is 1. The standard InChI is InChI=1S/C20H23NO6S/c1-5-8-14-9-13(10-15(26-6-2)18(14)27-7-3)11-16-19(23)21(20(24)28-16)12-17(22)25-4/h5,9-11H,1,6-8,12H2,2-4H3/b16-11+. The highest BCUT2D eigenvalue weighted by atomic mass is 32.2. The van der Waals surface area contributed by atoms with Crippen molar-refractivity contribution in [2.24, 2.45) is 0 Å². The van der Waals surface area contributed by atoms with Crippen molar-refractivity contribution in [1.29, 1.82) is 0 Å². The van der Waals surface area contributed by atoms with Gasteiger partial charge >= 0.3 is 5.97 Å². The van der Waals surface area contributed by atoms with Gasteiger partial charge in [0.2, 0.25) is 0 Å². The normalized spacial score (nSPS) is 15.1. The molecule has 0 radical (unpaired) electrons. The predicted molar refractivity (Wildman–Crippen MR) is 107 cm³/mol. The highest BCUT2D eigenvalue weighted by Crippen LogP contribution is 2.37. The average molecular weight is 405 g/mol. The van der Waals surface area contributed by atoms with E-state index in [1.807, 2.05) is 19.9 Å². The van der Waals surface area contributed by atoms with E-state index in [9.17, 15) is 14.4 Å². The molecule has 1 aromatic carbocycles. The third-order valence-electron chi connectivity index (χ3n) is 3.79. The highest BCUT2D eigenvalue weighted by Gasteiger charge is 2.36. The number of imide groups is 1. The number of hydrogen-bond acceptors (Lipinski definition) is 7. The first kappa shape index (κ1) is 21.6. The first-order valence-electron chi connectivity index (χ1n) is 8.80. The van der Waals surface area contributed by atoms with Gasteiger partial charge in [0, 0.05) is 5.56 Å². The van der Waals surface area contributed by atoms with Gasteiger partial charge in [0.15, 0.2) is 11.5 Å². The molecule has 0 bridgehead atoms. The Bertz CT molecular complexity index is 817. The zero-order chi connectivity index (χ0) is 20.7. The van der Waals surface area contributed by atoms with Crippen molar-refractivity contribution in [2.45, 2.75) is 20.3 Å². The molecular formula is C20H23NO6S. The summed E-state index contributed by atoms with van der Waals surface area (Å²) in [4.78, 5) is 37.1. The van der Waals surface area contributed by atoms with E-state index >= 15 is 0 Å². The van der Waals surface area contributed by atoms with Gasteiger partial charge in [-0.3, -0.25) is 19.3 Å². The lowest BCUT2D eigenvalue weighted by Gasteiger charge is -2.16. The van der Waals surface area contributed by atoms with E-state index < -0.39 is 23.7 Å². The number of carbonyl (C=O) groups is 3.